The molecule has 9 aromatic rings. The molecule has 184 valence electrons. The van der Waals surface area contributed by atoms with Crippen LogP contribution in [0.1, 0.15) is 0 Å². The van der Waals surface area contributed by atoms with Gasteiger partial charge in [-0.2, -0.15) is 0 Å². The zero-order valence-electron chi connectivity index (χ0n) is 21.9. The Morgan fingerprint density at radius 3 is 1.40 bits per heavy atom. The molecule has 0 unspecified atom stereocenters. The van der Waals surface area contributed by atoms with Gasteiger partial charge in [0.1, 0.15) is 0 Å². The van der Waals surface area contributed by atoms with Crippen LogP contribution in [0.2, 0.25) is 0 Å². The van der Waals surface area contributed by atoms with Crippen molar-refractivity contribution in [3.05, 3.63) is 146 Å². The van der Waals surface area contributed by atoms with Crippen LogP contribution in [0.3, 0.4) is 0 Å². The molecule has 0 nitrogen and oxygen atoms in total. The Hall–Kier alpha value is -5.20. The quantitative estimate of drug-likeness (QED) is 0.162. The third-order valence-electron chi connectivity index (χ3n) is 8.79. The highest BCUT2D eigenvalue weighted by atomic mass is 14.2. The van der Waals surface area contributed by atoms with Crippen molar-refractivity contribution in [2.75, 3.05) is 0 Å². The smallest absolute Gasteiger partial charge is 0.00203 e. The fraction of sp³-hybridized carbons (Fsp3) is 0. The molecule has 0 amide bonds. The minimum Gasteiger partial charge on any atom is -0.0616 e. The highest BCUT2D eigenvalue weighted by Crippen LogP contribution is 2.45. The maximum absolute atomic E-state index is 2.34. The summed E-state index contributed by atoms with van der Waals surface area (Å²) in [5, 5.41) is 15.6. The SMILES string of the molecule is c1ccc2c(-c3ccc4ccc5c(-c6c7ccccc7cc7ccccc67)ccc6ccc3c4c65)cccc2c1. The first kappa shape index (κ1) is 21.7. The van der Waals surface area contributed by atoms with E-state index in [1.807, 2.05) is 0 Å². The van der Waals surface area contributed by atoms with Crippen LogP contribution in [0.15, 0.2) is 146 Å². The standard InChI is InChI=1S/C40H24/c1-4-12-30-25(8-1)11-7-15-33(30)34-20-16-26-18-22-36-37(23-19-27-17-21-35(34)38(26)39(27)36)40-31-13-5-2-9-28(31)24-29-10-3-6-14-32(29)40/h1-24H. The van der Waals surface area contributed by atoms with Crippen LogP contribution in [0, 0.1) is 0 Å². The summed E-state index contributed by atoms with van der Waals surface area (Å²) in [4.78, 5) is 0. The number of benzene rings is 9. The van der Waals surface area contributed by atoms with E-state index in [1.54, 1.807) is 0 Å². The van der Waals surface area contributed by atoms with Gasteiger partial charge in [0.05, 0.1) is 0 Å². The Kier molecular flexibility index (Phi) is 4.42. The molecular formula is C40H24. The highest BCUT2D eigenvalue weighted by Gasteiger charge is 2.18. The summed E-state index contributed by atoms with van der Waals surface area (Å²) in [5.41, 5.74) is 5.20. The first-order valence-electron chi connectivity index (χ1n) is 13.9. The molecule has 0 bridgehead atoms. The minimum atomic E-state index is 1.27. The lowest BCUT2D eigenvalue weighted by Crippen LogP contribution is -1.91. The molecule has 0 saturated heterocycles. The summed E-state index contributed by atoms with van der Waals surface area (Å²) in [7, 11) is 0. The summed E-state index contributed by atoms with van der Waals surface area (Å²) < 4.78 is 0. The van der Waals surface area contributed by atoms with Crippen LogP contribution in [-0.2, 0) is 0 Å². The van der Waals surface area contributed by atoms with Gasteiger partial charge in [-0.05, 0) is 93.0 Å². The van der Waals surface area contributed by atoms with Gasteiger partial charge >= 0.3 is 0 Å². The van der Waals surface area contributed by atoms with E-state index in [1.165, 1.54) is 86.9 Å². The van der Waals surface area contributed by atoms with Crippen LogP contribution in [0.4, 0.5) is 0 Å². The molecule has 0 saturated carbocycles. The van der Waals surface area contributed by atoms with Crippen molar-refractivity contribution < 1.29 is 0 Å². The first-order valence-corrected chi connectivity index (χ1v) is 13.9. The second kappa shape index (κ2) is 8.15. The molecule has 9 aromatic carbocycles. The molecule has 0 spiro atoms. The first-order chi connectivity index (χ1) is 19.8. The average molecular weight is 505 g/mol. The molecule has 9 rings (SSSR count). The molecule has 0 aromatic heterocycles. The number of fused-ring (bicyclic) bond motifs is 3. The van der Waals surface area contributed by atoms with Crippen LogP contribution < -0.4 is 0 Å². The Morgan fingerprint density at radius 1 is 0.250 bits per heavy atom. The molecule has 0 heterocycles. The summed E-state index contributed by atoms with van der Waals surface area (Å²) >= 11 is 0. The van der Waals surface area contributed by atoms with E-state index in [9.17, 15) is 0 Å². The number of rotatable bonds is 2. The average Bonchev–Trinajstić information content (AvgIpc) is 3.02. The highest BCUT2D eigenvalue weighted by molar-refractivity contribution is 6.29. The molecule has 0 aliphatic rings. The Bertz CT molecular complexity index is 2370. The van der Waals surface area contributed by atoms with Crippen molar-refractivity contribution >= 4 is 64.6 Å². The second-order valence-electron chi connectivity index (χ2n) is 10.9. The van der Waals surface area contributed by atoms with Crippen LogP contribution in [0.5, 0.6) is 0 Å². The summed E-state index contributed by atoms with van der Waals surface area (Å²) in [6, 6.07) is 53.8. The fourth-order valence-corrected chi connectivity index (χ4v) is 7.02. The number of hydrogen-bond donors (Lipinski definition) is 0. The second-order valence-corrected chi connectivity index (χ2v) is 10.9. The van der Waals surface area contributed by atoms with Gasteiger partial charge in [0.2, 0.25) is 0 Å². The lowest BCUT2D eigenvalue weighted by Gasteiger charge is -2.19. The molecule has 0 fully saturated rings. The van der Waals surface area contributed by atoms with Crippen LogP contribution in [-0.4, -0.2) is 0 Å². The number of hydrogen-bond acceptors (Lipinski definition) is 0. The lowest BCUT2D eigenvalue weighted by molar-refractivity contribution is 1.70. The summed E-state index contributed by atoms with van der Waals surface area (Å²) in [5.74, 6) is 0. The zero-order valence-corrected chi connectivity index (χ0v) is 21.9. The van der Waals surface area contributed by atoms with Gasteiger partial charge in [-0.3, -0.25) is 0 Å². The van der Waals surface area contributed by atoms with Gasteiger partial charge in [0.25, 0.3) is 0 Å². The summed E-state index contributed by atoms with van der Waals surface area (Å²) in [6.45, 7) is 0. The van der Waals surface area contributed by atoms with Gasteiger partial charge in [0, 0.05) is 0 Å². The third-order valence-corrected chi connectivity index (χ3v) is 8.79. The molecule has 0 heteroatoms. The fourth-order valence-electron chi connectivity index (χ4n) is 7.02. The molecule has 0 aliphatic heterocycles. The van der Waals surface area contributed by atoms with Crippen molar-refractivity contribution in [1.82, 2.24) is 0 Å². The van der Waals surface area contributed by atoms with E-state index in [0.717, 1.165) is 0 Å². The molecule has 0 atom stereocenters. The Labute approximate surface area is 232 Å². The van der Waals surface area contributed by atoms with E-state index in [0.29, 0.717) is 0 Å². The van der Waals surface area contributed by atoms with E-state index in [2.05, 4.69) is 146 Å². The van der Waals surface area contributed by atoms with Gasteiger partial charge in [-0.25, -0.2) is 0 Å². The van der Waals surface area contributed by atoms with Gasteiger partial charge in [-0.1, -0.05) is 140 Å². The molecule has 0 aliphatic carbocycles. The molecule has 0 N–H and O–H groups in total. The Balaban J connectivity index is 1.42. The monoisotopic (exact) mass is 504 g/mol. The normalized spacial score (nSPS) is 12.0. The topological polar surface area (TPSA) is 0 Å². The van der Waals surface area contributed by atoms with Crippen molar-refractivity contribution in [3.63, 3.8) is 0 Å². The summed E-state index contributed by atoms with van der Waals surface area (Å²) in [6.07, 6.45) is 0. The van der Waals surface area contributed by atoms with E-state index in [-0.39, 0.29) is 0 Å². The zero-order chi connectivity index (χ0) is 26.2. The van der Waals surface area contributed by atoms with Crippen LogP contribution in [0.25, 0.3) is 86.9 Å². The van der Waals surface area contributed by atoms with Gasteiger partial charge < -0.3 is 0 Å². The van der Waals surface area contributed by atoms with E-state index in [4.69, 9.17) is 0 Å². The van der Waals surface area contributed by atoms with Crippen molar-refractivity contribution in [2.45, 2.75) is 0 Å². The minimum absolute atomic E-state index is 1.27. The molecular weight excluding hydrogens is 480 g/mol. The molecule has 0 radical (unpaired) electrons. The van der Waals surface area contributed by atoms with E-state index < -0.39 is 0 Å². The van der Waals surface area contributed by atoms with Gasteiger partial charge in [0.15, 0.2) is 0 Å². The lowest BCUT2D eigenvalue weighted by atomic mass is 9.84. The van der Waals surface area contributed by atoms with Crippen molar-refractivity contribution in [2.24, 2.45) is 0 Å². The van der Waals surface area contributed by atoms with Crippen molar-refractivity contribution in [3.8, 4) is 22.3 Å². The largest absolute Gasteiger partial charge is 0.0616 e. The Morgan fingerprint density at radius 2 is 0.725 bits per heavy atom. The maximum atomic E-state index is 2.34. The third kappa shape index (κ3) is 2.96. The van der Waals surface area contributed by atoms with Gasteiger partial charge in [-0.15, -0.1) is 0 Å². The molecule has 40 heavy (non-hydrogen) atoms. The predicted molar refractivity (Wildman–Crippen MR) is 174 cm³/mol. The van der Waals surface area contributed by atoms with Crippen LogP contribution >= 0.6 is 0 Å². The maximum Gasteiger partial charge on any atom is -0.00203 e. The van der Waals surface area contributed by atoms with E-state index >= 15 is 0 Å². The predicted octanol–water partition coefficient (Wildman–Crippen LogP) is 11.4. The van der Waals surface area contributed by atoms with Crippen molar-refractivity contribution in [1.29, 1.82) is 0 Å².